The second-order valence-electron chi connectivity index (χ2n) is 4.53. The largest absolute Gasteiger partial charge is 0.384 e. The molecule has 2 rings (SSSR count). The topological polar surface area (TPSA) is 40.5 Å². The van der Waals surface area contributed by atoms with Crippen LogP contribution in [0.25, 0.3) is 0 Å². The number of aliphatic hydroxyl groups is 1. The molecule has 0 saturated carbocycles. The van der Waals surface area contributed by atoms with Crippen LogP contribution in [0.5, 0.6) is 0 Å². The smallest absolute Gasteiger partial charge is 0.254 e. The van der Waals surface area contributed by atoms with Gasteiger partial charge in [-0.2, -0.15) is 0 Å². The van der Waals surface area contributed by atoms with Crippen LogP contribution < -0.4 is 0 Å². The van der Waals surface area contributed by atoms with Gasteiger partial charge in [0.2, 0.25) is 0 Å². The summed E-state index contributed by atoms with van der Waals surface area (Å²) in [5, 5.41) is 8.66. The molecule has 1 amide bonds. The van der Waals surface area contributed by atoms with Crippen LogP contribution in [-0.2, 0) is 0 Å². The van der Waals surface area contributed by atoms with Crippen molar-refractivity contribution in [1.29, 1.82) is 0 Å². The third-order valence-corrected chi connectivity index (χ3v) is 3.24. The first kappa shape index (κ1) is 12.7. The number of aliphatic hydroxyl groups excluding tert-OH is 1. The highest BCUT2D eigenvalue weighted by atomic mass is 16.2. The number of benzene rings is 1. The summed E-state index contributed by atoms with van der Waals surface area (Å²) >= 11 is 0. The van der Waals surface area contributed by atoms with E-state index in [-0.39, 0.29) is 12.5 Å². The van der Waals surface area contributed by atoms with E-state index in [1.165, 1.54) is 0 Å². The van der Waals surface area contributed by atoms with Crippen molar-refractivity contribution in [2.75, 3.05) is 13.2 Å². The molecule has 1 atom stereocenters. The van der Waals surface area contributed by atoms with Gasteiger partial charge in [-0.3, -0.25) is 4.79 Å². The van der Waals surface area contributed by atoms with Crippen molar-refractivity contribution in [2.24, 2.45) is 0 Å². The van der Waals surface area contributed by atoms with Crippen LogP contribution in [0.3, 0.4) is 0 Å². The van der Waals surface area contributed by atoms with Gasteiger partial charge in [0.1, 0.15) is 6.61 Å². The Bertz CT molecular complexity index is 499. The summed E-state index contributed by atoms with van der Waals surface area (Å²) in [6.07, 6.45) is 2.16. The number of amides is 1. The molecule has 18 heavy (non-hydrogen) atoms. The normalized spacial score (nSPS) is 18.3. The zero-order chi connectivity index (χ0) is 13.0. The van der Waals surface area contributed by atoms with Crippen molar-refractivity contribution in [3.63, 3.8) is 0 Å². The van der Waals surface area contributed by atoms with E-state index in [9.17, 15) is 4.79 Å². The molecule has 1 N–H and O–H groups in total. The maximum atomic E-state index is 12.3. The molecule has 1 aromatic rings. The minimum atomic E-state index is -0.165. The van der Waals surface area contributed by atoms with Gasteiger partial charge in [-0.05, 0) is 38.0 Å². The van der Waals surface area contributed by atoms with Crippen molar-refractivity contribution >= 4 is 5.91 Å². The zero-order valence-corrected chi connectivity index (χ0v) is 10.5. The maximum absolute atomic E-state index is 12.3. The minimum Gasteiger partial charge on any atom is -0.384 e. The van der Waals surface area contributed by atoms with Gasteiger partial charge in [0.25, 0.3) is 5.91 Å². The summed E-state index contributed by atoms with van der Waals surface area (Å²) in [5.41, 5.74) is 1.44. The lowest BCUT2D eigenvalue weighted by molar-refractivity contribution is 0.0747. The third kappa shape index (κ3) is 2.72. The van der Waals surface area contributed by atoms with E-state index in [0.717, 1.165) is 24.9 Å². The van der Waals surface area contributed by atoms with Crippen LogP contribution in [0.15, 0.2) is 24.3 Å². The van der Waals surface area contributed by atoms with Crippen molar-refractivity contribution in [1.82, 2.24) is 4.90 Å². The van der Waals surface area contributed by atoms with Gasteiger partial charge in [-0.15, -0.1) is 0 Å². The standard InChI is InChI=1S/C15H17NO2/c1-12-5-3-9-16(12)15(18)14-8-2-6-13(11-14)7-4-10-17/h2,6,8,11-12,17H,3,5,9-10H2,1H3. The number of carbonyl (C=O) groups excluding carboxylic acids is 1. The number of likely N-dealkylation sites (tertiary alicyclic amines) is 1. The second kappa shape index (κ2) is 5.70. The molecule has 0 radical (unpaired) electrons. The fourth-order valence-electron chi connectivity index (χ4n) is 2.27. The predicted octanol–water partition coefficient (Wildman–Crippen LogP) is 1.65. The first-order valence-corrected chi connectivity index (χ1v) is 6.23. The van der Waals surface area contributed by atoms with E-state index in [2.05, 4.69) is 18.8 Å². The Morgan fingerprint density at radius 3 is 3.06 bits per heavy atom. The highest BCUT2D eigenvalue weighted by Gasteiger charge is 2.25. The lowest BCUT2D eigenvalue weighted by Gasteiger charge is -2.21. The van der Waals surface area contributed by atoms with E-state index >= 15 is 0 Å². The Hall–Kier alpha value is -1.79. The maximum Gasteiger partial charge on any atom is 0.254 e. The van der Waals surface area contributed by atoms with E-state index in [4.69, 9.17) is 5.11 Å². The Morgan fingerprint density at radius 2 is 2.39 bits per heavy atom. The van der Waals surface area contributed by atoms with Gasteiger partial charge in [0.05, 0.1) is 0 Å². The third-order valence-electron chi connectivity index (χ3n) is 3.24. The number of hydrogen-bond donors (Lipinski definition) is 1. The summed E-state index contributed by atoms with van der Waals surface area (Å²) in [6.45, 7) is 2.76. The van der Waals surface area contributed by atoms with Crippen molar-refractivity contribution in [2.45, 2.75) is 25.8 Å². The van der Waals surface area contributed by atoms with Crippen LogP contribution in [-0.4, -0.2) is 35.1 Å². The monoisotopic (exact) mass is 243 g/mol. The van der Waals surface area contributed by atoms with E-state index < -0.39 is 0 Å². The van der Waals surface area contributed by atoms with Crippen molar-refractivity contribution < 1.29 is 9.90 Å². The summed E-state index contributed by atoms with van der Waals surface area (Å²) in [5.74, 6) is 5.49. The summed E-state index contributed by atoms with van der Waals surface area (Å²) in [7, 11) is 0. The van der Waals surface area contributed by atoms with Crippen molar-refractivity contribution in [3.05, 3.63) is 35.4 Å². The fourth-order valence-corrected chi connectivity index (χ4v) is 2.27. The average molecular weight is 243 g/mol. The Labute approximate surface area is 107 Å². The molecule has 0 aliphatic carbocycles. The van der Waals surface area contributed by atoms with E-state index in [0.29, 0.717) is 11.6 Å². The van der Waals surface area contributed by atoms with E-state index in [1.54, 1.807) is 6.07 Å². The molecule has 3 nitrogen and oxygen atoms in total. The van der Waals surface area contributed by atoms with Crippen LogP contribution in [0.2, 0.25) is 0 Å². The van der Waals surface area contributed by atoms with Crippen LogP contribution >= 0.6 is 0 Å². The van der Waals surface area contributed by atoms with Gasteiger partial charge in [-0.1, -0.05) is 17.9 Å². The number of nitrogens with zero attached hydrogens (tertiary/aromatic N) is 1. The molecule has 1 fully saturated rings. The first-order valence-electron chi connectivity index (χ1n) is 6.23. The van der Waals surface area contributed by atoms with Gasteiger partial charge in [-0.25, -0.2) is 0 Å². The number of hydrogen-bond acceptors (Lipinski definition) is 2. The lowest BCUT2D eigenvalue weighted by atomic mass is 10.1. The molecule has 94 valence electrons. The second-order valence-corrected chi connectivity index (χ2v) is 4.53. The summed E-state index contributed by atoms with van der Waals surface area (Å²) in [4.78, 5) is 14.2. The molecule has 1 aliphatic heterocycles. The Balaban J connectivity index is 2.20. The average Bonchev–Trinajstić information content (AvgIpc) is 2.82. The number of rotatable bonds is 1. The minimum absolute atomic E-state index is 0.0765. The van der Waals surface area contributed by atoms with Gasteiger partial charge >= 0.3 is 0 Å². The summed E-state index contributed by atoms with van der Waals surface area (Å²) in [6, 6.07) is 7.60. The number of carbonyl (C=O) groups is 1. The molecule has 3 heteroatoms. The zero-order valence-electron chi connectivity index (χ0n) is 10.5. The predicted molar refractivity (Wildman–Crippen MR) is 70.1 cm³/mol. The SMILES string of the molecule is CC1CCCN1C(=O)c1cccc(C#CCO)c1. The summed E-state index contributed by atoms with van der Waals surface area (Å²) < 4.78 is 0. The van der Waals surface area contributed by atoms with Crippen LogP contribution in [0.1, 0.15) is 35.7 Å². The van der Waals surface area contributed by atoms with E-state index in [1.807, 2.05) is 23.1 Å². The molecular formula is C15H17NO2. The molecule has 0 bridgehead atoms. The molecule has 1 unspecified atom stereocenters. The van der Waals surface area contributed by atoms with Gasteiger partial charge in [0, 0.05) is 23.7 Å². The molecular weight excluding hydrogens is 226 g/mol. The fraction of sp³-hybridized carbons (Fsp3) is 0.400. The Morgan fingerprint density at radius 1 is 1.56 bits per heavy atom. The Kier molecular flexibility index (Phi) is 4.01. The highest BCUT2D eigenvalue weighted by molar-refractivity contribution is 5.95. The first-order chi connectivity index (χ1) is 8.72. The molecule has 1 heterocycles. The van der Waals surface area contributed by atoms with Gasteiger partial charge in [0.15, 0.2) is 0 Å². The molecule has 1 aromatic carbocycles. The van der Waals surface area contributed by atoms with Crippen LogP contribution in [0, 0.1) is 11.8 Å². The van der Waals surface area contributed by atoms with Crippen molar-refractivity contribution in [3.8, 4) is 11.8 Å². The lowest BCUT2D eigenvalue weighted by Crippen LogP contribution is -2.33. The molecule has 1 aliphatic rings. The molecule has 1 saturated heterocycles. The quantitative estimate of drug-likeness (QED) is 0.762. The molecule has 0 spiro atoms. The molecule has 0 aromatic heterocycles. The van der Waals surface area contributed by atoms with Gasteiger partial charge < -0.3 is 10.0 Å². The van der Waals surface area contributed by atoms with Crippen LogP contribution in [0.4, 0.5) is 0 Å². The highest BCUT2D eigenvalue weighted by Crippen LogP contribution is 2.19.